The molecule has 0 bridgehead atoms. The predicted octanol–water partition coefficient (Wildman–Crippen LogP) is 4.14. The van der Waals surface area contributed by atoms with Gasteiger partial charge in [-0.3, -0.25) is 0 Å². The van der Waals surface area contributed by atoms with Gasteiger partial charge < -0.3 is 0 Å². The van der Waals surface area contributed by atoms with Gasteiger partial charge in [0.2, 0.25) is 0 Å². The Bertz CT molecular complexity index is 158. The fourth-order valence-electron chi connectivity index (χ4n) is 0.695. The van der Waals surface area contributed by atoms with Crippen molar-refractivity contribution in [2.75, 3.05) is 11.5 Å². The van der Waals surface area contributed by atoms with E-state index in [1.54, 1.807) is 0 Å². The Labute approximate surface area is 87.5 Å². The average Bonchev–Trinajstić information content (AvgIpc) is 2.04. The molecule has 0 heterocycles. The van der Waals surface area contributed by atoms with Crippen LogP contribution >= 0.6 is 11.8 Å². The number of rotatable bonds is 6. The molecular weight excluding hydrogens is 176 g/mol. The van der Waals surface area contributed by atoms with E-state index in [0.29, 0.717) is 0 Å². The van der Waals surface area contributed by atoms with E-state index in [0.717, 1.165) is 11.5 Å². The molecule has 0 unspecified atom stereocenters. The number of allylic oxidation sites excluding steroid dienone is 2. The molecule has 0 rings (SSSR count). The van der Waals surface area contributed by atoms with Gasteiger partial charge in [-0.05, 0) is 10.8 Å². The fraction of sp³-hybridized carbons (Fsp3) is 0.667. The number of hydrogen-bond acceptors (Lipinski definition) is 1. The molecule has 1 heteroatoms. The molecule has 0 amide bonds. The first kappa shape index (κ1) is 12.8. The minimum absolute atomic E-state index is 0.252. The normalized spacial score (nSPS) is 12.6. The Morgan fingerprint density at radius 3 is 1.46 bits per heavy atom. The highest BCUT2D eigenvalue weighted by Gasteiger charge is 2.17. The van der Waals surface area contributed by atoms with Crippen molar-refractivity contribution in [2.24, 2.45) is 10.8 Å². The van der Waals surface area contributed by atoms with Crippen LogP contribution in [0.25, 0.3) is 0 Å². The Hall–Kier alpha value is -0.170. The van der Waals surface area contributed by atoms with Crippen LogP contribution in [-0.4, -0.2) is 11.5 Å². The molecule has 0 radical (unpaired) electrons. The molecule has 0 fully saturated rings. The zero-order chi connectivity index (χ0) is 10.5. The third-order valence-electron chi connectivity index (χ3n) is 2.05. The molecule has 0 spiro atoms. The van der Waals surface area contributed by atoms with Crippen molar-refractivity contribution in [1.82, 2.24) is 0 Å². The molecule has 0 atom stereocenters. The highest BCUT2D eigenvalue weighted by molar-refractivity contribution is 7.99. The van der Waals surface area contributed by atoms with Crippen LogP contribution in [0.1, 0.15) is 27.7 Å². The van der Waals surface area contributed by atoms with Crippen molar-refractivity contribution in [3.8, 4) is 0 Å². The van der Waals surface area contributed by atoms with E-state index in [-0.39, 0.29) is 10.8 Å². The van der Waals surface area contributed by atoms with Gasteiger partial charge in [-0.15, -0.1) is 13.2 Å². The van der Waals surface area contributed by atoms with E-state index < -0.39 is 0 Å². The van der Waals surface area contributed by atoms with Crippen LogP contribution in [-0.2, 0) is 0 Å². The van der Waals surface area contributed by atoms with Crippen molar-refractivity contribution >= 4 is 11.8 Å². The predicted molar refractivity (Wildman–Crippen MR) is 65.3 cm³/mol. The Morgan fingerprint density at radius 2 is 1.23 bits per heavy atom. The molecule has 0 saturated carbocycles. The Kier molecular flexibility index (Phi) is 4.83. The summed E-state index contributed by atoms with van der Waals surface area (Å²) in [6, 6.07) is 0. The maximum atomic E-state index is 3.83. The van der Waals surface area contributed by atoms with Crippen molar-refractivity contribution in [2.45, 2.75) is 27.7 Å². The summed E-state index contributed by atoms with van der Waals surface area (Å²) in [5.41, 5.74) is 0.504. The van der Waals surface area contributed by atoms with Crippen molar-refractivity contribution < 1.29 is 0 Å². The van der Waals surface area contributed by atoms with Crippen LogP contribution in [0.2, 0.25) is 0 Å². The van der Waals surface area contributed by atoms with Crippen LogP contribution in [0.15, 0.2) is 25.3 Å². The van der Waals surface area contributed by atoms with Gasteiger partial charge in [0.05, 0.1) is 0 Å². The van der Waals surface area contributed by atoms with Crippen molar-refractivity contribution in [1.29, 1.82) is 0 Å². The van der Waals surface area contributed by atoms with Gasteiger partial charge in [0.25, 0.3) is 0 Å². The molecule has 0 saturated heterocycles. The molecule has 0 nitrogen and oxygen atoms in total. The maximum absolute atomic E-state index is 3.83. The van der Waals surface area contributed by atoms with Gasteiger partial charge in [-0.2, -0.15) is 11.8 Å². The zero-order valence-corrected chi connectivity index (χ0v) is 10.2. The number of thioether (sulfide) groups is 1. The average molecular weight is 198 g/mol. The van der Waals surface area contributed by atoms with Crippen LogP contribution in [0.5, 0.6) is 0 Å². The van der Waals surface area contributed by atoms with Gasteiger partial charge in [0, 0.05) is 11.5 Å². The van der Waals surface area contributed by atoms with Crippen LogP contribution in [0.3, 0.4) is 0 Å². The quantitative estimate of drug-likeness (QED) is 0.578. The maximum Gasteiger partial charge on any atom is 0.00188 e. The van der Waals surface area contributed by atoms with Gasteiger partial charge in [0.15, 0.2) is 0 Å². The third-order valence-corrected chi connectivity index (χ3v) is 3.95. The highest BCUT2D eigenvalue weighted by atomic mass is 32.2. The highest BCUT2D eigenvalue weighted by Crippen LogP contribution is 2.28. The number of hydrogen-bond donors (Lipinski definition) is 0. The van der Waals surface area contributed by atoms with Gasteiger partial charge in [0.1, 0.15) is 0 Å². The van der Waals surface area contributed by atoms with Crippen LogP contribution < -0.4 is 0 Å². The van der Waals surface area contributed by atoms with E-state index in [9.17, 15) is 0 Å². The summed E-state index contributed by atoms with van der Waals surface area (Å²) < 4.78 is 0. The first-order chi connectivity index (χ1) is 5.83. The summed E-state index contributed by atoms with van der Waals surface area (Å²) in [7, 11) is 0. The topological polar surface area (TPSA) is 0 Å². The molecule has 0 aliphatic rings. The van der Waals surface area contributed by atoms with E-state index in [1.165, 1.54) is 0 Å². The monoisotopic (exact) mass is 198 g/mol. The smallest absolute Gasteiger partial charge is 0.00188 e. The summed E-state index contributed by atoms with van der Waals surface area (Å²) in [5, 5.41) is 0. The summed E-state index contributed by atoms with van der Waals surface area (Å²) in [6.45, 7) is 16.5. The van der Waals surface area contributed by atoms with E-state index >= 15 is 0 Å². The Balaban J connectivity index is 3.80. The van der Waals surface area contributed by atoms with Crippen molar-refractivity contribution in [3.63, 3.8) is 0 Å². The van der Waals surface area contributed by atoms with E-state index in [2.05, 4.69) is 40.9 Å². The molecule has 0 aromatic rings. The Morgan fingerprint density at radius 1 is 0.923 bits per heavy atom. The molecule has 0 N–H and O–H groups in total. The van der Waals surface area contributed by atoms with Gasteiger partial charge in [-0.25, -0.2) is 0 Å². The molecule has 0 aromatic heterocycles. The SMILES string of the molecule is C=CC(C)(C)CSCC(C)(C)C=C. The largest absolute Gasteiger partial charge is 0.160 e. The first-order valence-electron chi connectivity index (χ1n) is 4.68. The van der Waals surface area contributed by atoms with Gasteiger partial charge in [-0.1, -0.05) is 39.8 Å². The summed E-state index contributed by atoms with van der Waals surface area (Å²) in [5.74, 6) is 2.27. The lowest BCUT2D eigenvalue weighted by Crippen LogP contribution is -2.15. The summed E-state index contributed by atoms with van der Waals surface area (Å²) >= 11 is 1.97. The molecular formula is C12H22S. The first-order valence-corrected chi connectivity index (χ1v) is 5.83. The van der Waals surface area contributed by atoms with E-state index in [4.69, 9.17) is 0 Å². The lowest BCUT2D eigenvalue weighted by molar-refractivity contribution is 0.541. The summed E-state index contributed by atoms with van der Waals surface area (Å²) in [6.07, 6.45) is 4.06. The summed E-state index contributed by atoms with van der Waals surface area (Å²) in [4.78, 5) is 0. The molecule has 76 valence electrons. The van der Waals surface area contributed by atoms with Crippen LogP contribution in [0, 0.1) is 10.8 Å². The third kappa shape index (κ3) is 5.98. The minimum atomic E-state index is 0.252. The lowest BCUT2D eigenvalue weighted by Gasteiger charge is -2.23. The molecule has 13 heavy (non-hydrogen) atoms. The second kappa shape index (κ2) is 4.90. The lowest BCUT2D eigenvalue weighted by atomic mass is 9.97. The van der Waals surface area contributed by atoms with Gasteiger partial charge >= 0.3 is 0 Å². The second-order valence-corrected chi connectivity index (χ2v) is 5.86. The zero-order valence-electron chi connectivity index (χ0n) is 9.39. The molecule has 0 aromatic carbocycles. The molecule has 0 aliphatic heterocycles. The standard InChI is InChI=1S/C12H22S/c1-7-11(3,4)9-13-10-12(5,6)8-2/h7-8H,1-2,9-10H2,3-6H3. The fourth-order valence-corrected chi connectivity index (χ4v) is 2.08. The van der Waals surface area contributed by atoms with E-state index in [1.807, 2.05) is 23.9 Å². The van der Waals surface area contributed by atoms with Crippen molar-refractivity contribution in [3.05, 3.63) is 25.3 Å². The molecule has 0 aliphatic carbocycles. The second-order valence-electron chi connectivity index (χ2n) is 4.88. The van der Waals surface area contributed by atoms with Crippen LogP contribution in [0.4, 0.5) is 0 Å². The minimum Gasteiger partial charge on any atom is -0.160 e.